The number of aliphatic imine (C=N–C) groups is 1. The number of aromatic nitrogens is 2. The van der Waals surface area contributed by atoms with Crippen molar-refractivity contribution in [2.45, 2.75) is 26.3 Å². The molecular weight excluding hydrogens is 433 g/mol. The highest BCUT2D eigenvalue weighted by atomic mass is 127. The molecule has 0 radical (unpaired) electrons. The van der Waals surface area contributed by atoms with Crippen LogP contribution in [0.3, 0.4) is 0 Å². The molecular formula is C17H30IN5O2. The standard InChI is InChI=1S/C17H29N5O2.HI/c1-3-19-16(20-9-17(10-23)11-24-12-17)21-6-4-14(2)15(8-21)22-7-5-18-13-22;/h5,7,13-15,23H,3-4,6,8-12H2,1-2H3,(H,19,20);1H. The van der Waals surface area contributed by atoms with Gasteiger partial charge in [0.15, 0.2) is 5.96 Å². The summed E-state index contributed by atoms with van der Waals surface area (Å²) in [7, 11) is 0. The van der Waals surface area contributed by atoms with E-state index in [1.54, 1.807) is 0 Å². The smallest absolute Gasteiger partial charge is 0.194 e. The van der Waals surface area contributed by atoms with Gasteiger partial charge in [-0.1, -0.05) is 6.92 Å². The SMILES string of the molecule is CCNC(=NCC1(CO)COC1)N1CCC(C)C(n2ccnc2)C1.I. The largest absolute Gasteiger partial charge is 0.396 e. The molecule has 0 amide bonds. The molecule has 0 spiro atoms. The first kappa shape index (κ1) is 20.4. The molecule has 2 saturated heterocycles. The van der Waals surface area contributed by atoms with Crippen LogP contribution in [0.1, 0.15) is 26.3 Å². The van der Waals surface area contributed by atoms with E-state index < -0.39 is 0 Å². The Hall–Kier alpha value is -0.870. The Balaban J connectivity index is 0.00000225. The highest BCUT2D eigenvalue weighted by Gasteiger charge is 2.38. The molecule has 0 bridgehead atoms. The normalized spacial score (nSPS) is 25.9. The average molecular weight is 463 g/mol. The maximum Gasteiger partial charge on any atom is 0.194 e. The summed E-state index contributed by atoms with van der Waals surface area (Å²) in [6.07, 6.45) is 6.91. The molecule has 8 heteroatoms. The lowest BCUT2D eigenvalue weighted by Crippen LogP contribution is -2.51. The first-order chi connectivity index (χ1) is 11.7. The minimum absolute atomic E-state index is 0. The number of aliphatic hydroxyl groups excluding tert-OH is 1. The van der Waals surface area contributed by atoms with Crippen LogP contribution in [0.2, 0.25) is 0 Å². The van der Waals surface area contributed by atoms with E-state index in [2.05, 4.69) is 33.6 Å². The van der Waals surface area contributed by atoms with Crippen LogP contribution >= 0.6 is 24.0 Å². The van der Waals surface area contributed by atoms with Gasteiger partial charge in [0.25, 0.3) is 0 Å². The number of guanidine groups is 1. The fourth-order valence-corrected chi connectivity index (χ4v) is 3.39. The number of rotatable bonds is 5. The third kappa shape index (κ3) is 4.65. The third-order valence-corrected chi connectivity index (χ3v) is 5.18. The molecule has 7 nitrogen and oxygen atoms in total. The Morgan fingerprint density at radius 2 is 2.28 bits per heavy atom. The van der Waals surface area contributed by atoms with E-state index >= 15 is 0 Å². The van der Waals surface area contributed by atoms with E-state index in [1.807, 2.05) is 18.7 Å². The Bertz CT molecular complexity index is 542. The van der Waals surface area contributed by atoms with Gasteiger partial charge in [0.1, 0.15) is 0 Å². The maximum atomic E-state index is 9.60. The minimum Gasteiger partial charge on any atom is -0.396 e. The van der Waals surface area contributed by atoms with Crippen LogP contribution in [0.4, 0.5) is 0 Å². The van der Waals surface area contributed by atoms with Gasteiger partial charge in [0.05, 0.1) is 44.1 Å². The number of hydrogen-bond acceptors (Lipinski definition) is 4. The predicted molar refractivity (Wildman–Crippen MR) is 108 cm³/mol. The molecule has 2 fully saturated rings. The summed E-state index contributed by atoms with van der Waals surface area (Å²) in [6.45, 7) is 9.08. The van der Waals surface area contributed by atoms with Crippen LogP contribution in [0.25, 0.3) is 0 Å². The summed E-state index contributed by atoms with van der Waals surface area (Å²) in [5, 5.41) is 13.0. The van der Waals surface area contributed by atoms with Crippen molar-refractivity contribution in [1.29, 1.82) is 0 Å². The number of nitrogens with zero attached hydrogens (tertiary/aromatic N) is 4. The molecule has 1 aromatic heterocycles. The summed E-state index contributed by atoms with van der Waals surface area (Å²) in [4.78, 5) is 11.3. The molecule has 0 aliphatic carbocycles. The molecule has 2 N–H and O–H groups in total. The Morgan fingerprint density at radius 1 is 1.48 bits per heavy atom. The molecule has 2 atom stereocenters. The van der Waals surface area contributed by atoms with Crippen LogP contribution in [-0.4, -0.2) is 71.5 Å². The van der Waals surface area contributed by atoms with Gasteiger partial charge < -0.3 is 24.6 Å². The van der Waals surface area contributed by atoms with Crippen LogP contribution < -0.4 is 5.32 Å². The second-order valence-corrected chi connectivity index (χ2v) is 7.11. The molecule has 3 rings (SSSR count). The summed E-state index contributed by atoms with van der Waals surface area (Å²) in [5.74, 6) is 1.55. The Morgan fingerprint density at radius 3 is 2.84 bits per heavy atom. The van der Waals surface area contributed by atoms with E-state index in [4.69, 9.17) is 9.73 Å². The molecule has 2 unspecified atom stereocenters. The summed E-state index contributed by atoms with van der Waals surface area (Å²) in [5.41, 5.74) is -0.187. The molecule has 2 aliphatic heterocycles. The van der Waals surface area contributed by atoms with Gasteiger partial charge in [-0.2, -0.15) is 0 Å². The Kier molecular flexibility index (Phi) is 7.51. The first-order valence-corrected chi connectivity index (χ1v) is 8.87. The number of hydrogen-bond donors (Lipinski definition) is 2. The van der Waals surface area contributed by atoms with Crippen molar-refractivity contribution in [3.63, 3.8) is 0 Å². The van der Waals surface area contributed by atoms with Gasteiger partial charge >= 0.3 is 0 Å². The van der Waals surface area contributed by atoms with Gasteiger partial charge in [-0.05, 0) is 19.3 Å². The number of ether oxygens (including phenoxy) is 1. The van der Waals surface area contributed by atoms with Crippen LogP contribution in [-0.2, 0) is 4.74 Å². The number of likely N-dealkylation sites (tertiary alicyclic amines) is 1. The van der Waals surface area contributed by atoms with Crippen LogP contribution in [0.15, 0.2) is 23.7 Å². The average Bonchev–Trinajstić information content (AvgIpc) is 3.08. The van der Waals surface area contributed by atoms with E-state index in [1.165, 1.54) is 0 Å². The third-order valence-electron chi connectivity index (χ3n) is 5.18. The second kappa shape index (κ2) is 9.18. The highest BCUT2D eigenvalue weighted by molar-refractivity contribution is 14.0. The Labute approximate surface area is 166 Å². The molecule has 3 heterocycles. The first-order valence-electron chi connectivity index (χ1n) is 8.87. The quantitative estimate of drug-likeness (QED) is 0.392. The van der Waals surface area contributed by atoms with E-state index in [0.717, 1.165) is 32.0 Å². The molecule has 142 valence electrons. The van der Waals surface area contributed by atoms with E-state index in [0.29, 0.717) is 31.7 Å². The van der Waals surface area contributed by atoms with Gasteiger partial charge in [0.2, 0.25) is 0 Å². The zero-order valence-electron chi connectivity index (χ0n) is 15.1. The van der Waals surface area contributed by atoms with Gasteiger partial charge in [-0.25, -0.2) is 4.98 Å². The van der Waals surface area contributed by atoms with Crippen molar-refractivity contribution >= 4 is 29.9 Å². The predicted octanol–water partition coefficient (Wildman–Crippen LogP) is 1.36. The summed E-state index contributed by atoms with van der Waals surface area (Å²) in [6, 6.07) is 0.406. The van der Waals surface area contributed by atoms with Crippen LogP contribution in [0.5, 0.6) is 0 Å². The molecule has 0 saturated carbocycles. The minimum atomic E-state index is -0.187. The molecule has 0 aromatic carbocycles. The van der Waals surface area contributed by atoms with Crippen molar-refractivity contribution < 1.29 is 9.84 Å². The number of aliphatic hydroxyl groups is 1. The number of halogens is 1. The summed E-state index contributed by atoms with van der Waals surface area (Å²) >= 11 is 0. The van der Waals surface area contributed by atoms with Crippen molar-refractivity contribution in [2.24, 2.45) is 16.3 Å². The van der Waals surface area contributed by atoms with Gasteiger partial charge in [-0.15, -0.1) is 24.0 Å². The van der Waals surface area contributed by atoms with E-state index in [-0.39, 0.29) is 36.0 Å². The maximum absolute atomic E-state index is 9.60. The van der Waals surface area contributed by atoms with Crippen molar-refractivity contribution in [3.05, 3.63) is 18.7 Å². The molecule has 25 heavy (non-hydrogen) atoms. The second-order valence-electron chi connectivity index (χ2n) is 7.11. The molecule has 1 aromatic rings. The number of piperidine rings is 1. The van der Waals surface area contributed by atoms with Gasteiger partial charge in [0, 0.05) is 32.0 Å². The van der Waals surface area contributed by atoms with Crippen molar-refractivity contribution in [2.75, 3.05) is 46.0 Å². The van der Waals surface area contributed by atoms with Gasteiger partial charge in [-0.3, -0.25) is 4.99 Å². The summed E-state index contributed by atoms with van der Waals surface area (Å²) < 4.78 is 7.48. The van der Waals surface area contributed by atoms with E-state index in [9.17, 15) is 5.11 Å². The zero-order valence-corrected chi connectivity index (χ0v) is 17.4. The van der Waals surface area contributed by atoms with Crippen molar-refractivity contribution in [1.82, 2.24) is 19.8 Å². The fourth-order valence-electron chi connectivity index (χ4n) is 3.39. The number of nitrogens with one attached hydrogen (secondary N) is 1. The van der Waals surface area contributed by atoms with Crippen LogP contribution in [0, 0.1) is 11.3 Å². The lowest BCUT2D eigenvalue weighted by Gasteiger charge is -2.41. The monoisotopic (exact) mass is 463 g/mol. The molecule has 2 aliphatic rings. The number of imidazole rings is 1. The fraction of sp³-hybridized carbons (Fsp3) is 0.765. The zero-order chi connectivity index (χ0) is 17.0. The topological polar surface area (TPSA) is 74.9 Å². The van der Waals surface area contributed by atoms with Crippen molar-refractivity contribution in [3.8, 4) is 0 Å². The lowest BCUT2D eigenvalue weighted by molar-refractivity contribution is -0.130. The lowest BCUT2D eigenvalue weighted by atomic mass is 9.87. The highest BCUT2D eigenvalue weighted by Crippen LogP contribution is 2.29.